The molecule has 0 unspecified atom stereocenters. The minimum atomic E-state index is -0.283. The number of rotatable bonds is 6. The van der Waals surface area contributed by atoms with Crippen molar-refractivity contribution in [3.8, 4) is 0 Å². The SMILES string of the molecule is Cn1ccnc1SCc1ccc(C(=O)NCc2ccc(F)cc2)cc1. The van der Waals surface area contributed by atoms with Crippen LogP contribution in [0, 0.1) is 5.82 Å². The van der Waals surface area contributed by atoms with Gasteiger partial charge in [-0.25, -0.2) is 9.37 Å². The minimum absolute atomic E-state index is 0.146. The van der Waals surface area contributed by atoms with Crippen molar-refractivity contribution < 1.29 is 9.18 Å². The van der Waals surface area contributed by atoms with Crippen molar-refractivity contribution in [1.82, 2.24) is 14.9 Å². The first-order valence-corrected chi connectivity index (χ1v) is 8.82. The number of nitrogens with one attached hydrogen (secondary N) is 1. The van der Waals surface area contributed by atoms with Gasteiger partial charge in [0.25, 0.3) is 5.91 Å². The van der Waals surface area contributed by atoms with E-state index >= 15 is 0 Å². The lowest BCUT2D eigenvalue weighted by molar-refractivity contribution is 0.0951. The van der Waals surface area contributed by atoms with E-state index in [9.17, 15) is 9.18 Å². The molecule has 0 aliphatic rings. The highest BCUT2D eigenvalue weighted by Crippen LogP contribution is 2.20. The maximum Gasteiger partial charge on any atom is 0.251 e. The summed E-state index contributed by atoms with van der Waals surface area (Å²) in [6.07, 6.45) is 3.69. The molecule has 1 aromatic heterocycles. The first-order valence-electron chi connectivity index (χ1n) is 7.83. The largest absolute Gasteiger partial charge is 0.348 e. The Morgan fingerprint density at radius 3 is 2.44 bits per heavy atom. The van der Waals surface area contributed by atoms with Crippen LogP contribution < -0.4 is 5.32 Å². The summed E-state index contributed by atoms with van der Waals surface area (Å²) in [6.45, 7) is 0.371. The third-order valence-corrected chi connectivity index (χ3v) is 4.86. The molecule has 2 aromatic carbocycles. The zero-order chi connectivity index (χ0) is 17.6. The quantitative estimate of drug-likeness (QED) is 0.685. The Bertz CT molecular complexity index is 844. The number of carbonyl (C=O) groups excluding carboxylic acids is 1. The number of aromatic nitrogens is 2. The Kier molecular flexibility index (Phi) is 5.50. The Balaban J connectivity index is 1.53. The highest BCUT2D eigenvalue weighted by atomic mass is 32.2. The number of thioether (sulfide) groups is 1. The summed E-state index contributed by atoms with van der Waals surface area (Å²) in [5.41, 5.74) is 2.59. The van der Waals surface area contributed by atoms with Crippen LogP contribution in [0.3, 0.4) is 0 Å². The van der Waals surface area contributed by atoms with Gasteiger partial charge in [-0.05, 0) is 35.4 Å². The van der Waals surface area contributed by atoms with Crippen LogP contribution in [0.5, 0.6) is 0 Å². The summed E-state index contributed by atoms with van der Waals surface area (Å²) in [7, 11) is 1.96. The van der Waals surface area contributed by atoms with E-state index < -0.39 is 0 Å². The van der Waals surface area contributed by atoms with Crippen molar-refractivity contribution in [2.75, 3.05) is 0 Å². The fourth-order valence-corrected chi connectivity index (χ4v) is 3.17. The van der Waals surface area contributed by atoms with Crippen LogP contribution in [0.15, 0.2) is 66.1 Å². The Morgan fingerprint density at radius 2 is 1.80 bits per heavy atom. The molecule has 0 spiro atoms. The van der Waals surface area contributed by atoms with Gasteiger partial charge in [0, 0.05) is 37.3 Å². The van der Waals surface area contributed by atoms with E-state index in [2.05, 4.69) is 10.3 Å². The number of benzene rings is 2. The predicted molar refractivity (Wildman–Crippen MR) is 96.8 cm³/mol. The molecule has 128 valence electrons. The van der Waals surface area contributed by atoms with Gasteiger partial charge in [0.15, 0.2) is 5.16 Å². The lowest BCUT2D eigenvalue weighted by Crippen LogP contribution is -2.22. The van der Waals surface area contributed by atoms with Crippen LogP contribution in [-0.2, 0) is 19.3 Å². The molecular formula is C19H18FN3OS. The molecule has 1 heterocycles. The van der Waals surface area contributed by atoms with Crippen molar-refractivity contribution in [2.45, 2.75) is 17.5 Å². The molecule has 1 N–H and O–H groups in total. The molecule has 0 fully saturated rings. The minimum Gasteiger partial charge on any atom is -0.348 e. The molecular weight excluding hydrogens is 337 g/mol. The van der Waals surface area contributed by atoms with Gasteiger partial charge in [-0.15, -0.1) is 0 Å². The second-order valence-corrected chi connectivity index (χ2v) is 6.56. The van der Waals surface area contributed by atoms with E-state index in [0.717, 1.165) is 22.0 Å². The van der Waals surface area contributed by atoms with E-state index in [-0.39, 0.29) is 11.7 Å². The fraction of sp³-hybridized carbons (Fsp3) is 0.158. The van der Waals surface area contributed by atoms with Crippen molar-refractivity contribution in [2.24, 2.45) is 7.05 Å². The van der Waals surface area contributed by atoms with E-state index in [1.807, 2.05) is 42.1 Å². The summed E-state index contributed by atoms with van der Waals surface area (Å²) in [6, 6.07) is 13.6. The lowest BCUT2D eigenvalue weighted by atomic mass is 10.1. The van der Waals surface area contributed by atoms with Crippen molar-refractivity contribution in [1.29, 1.82) is 0 Å². The topological polar surface area (TPSA) is 46.9 Å². The molecule has 1 amide bonds. The van der Waals surface area contributed by atoms with Gasteiger partial charge in [-0.3, -0.25) is 4.79 Å². The lowest BCUT2D eigenvalue weighted by Gasteiger charge is -2.07. The first kappa shape index (κ1) is 17.2. The number of amides is 1. The highest BCUT2D eigenvalue weighted by molar-refractivity contribution is 7.98. The molecule has 0 aliphatic heterocycles. The summed E-state index contributed by atoms with van der Waals surface area (Å²) < 4.78 is 14.8. The van der Waals surface area contributed by atoms with Crippen LogP contribution in [0.2, 0.25) is 0 Å². The number of imidazole rings is 1. The summed E-state index contributed by atoms with van der Waals surface area (Å²) in [5, 5.41) is 3.80. The monoisotopic (exact) mass is 355 g/mol. The third kappa shape index (κ3) is 4.70. The van der Waals surface area contributed by atoms with Crippen LogP contribution in [-0.4, -0.2) is 15.5 Å². The standard InChI is InChI=1S/C19H18FN3OS/c1-23-11-10-21-19(23)25-13-15-2-6-16(7-3-15)18(24)22-12-14-4-8-17(20)9-5-14/h2-11H,12-13H2,1H3,(H,22,24). The first-order chi connectivity index (χ1) is 12.1. The molecule has 3 rings (SSSR count). The number of halogens is 1. The average Bonchev–Trinajstić information content (AvgIpc) is 3.04. The fourth-order valence-electron chi connectivity index (χ4n) is 2.28. The van der Waals surface area contributed by atoms with E-state index in [4.69, 9.17) is 0 Å². The molecule has 3 aromatic rings. The molecule has 0 bridgehead atoms. The molecule has 0 atom stereocenters. The Morgan fingerprint density at radius 1 is 1.12 bits per heavy atom. The number of hydrogen-bond donors (Lipinski definition) is 1. The van der Waals surface area contributed by atoms with Gasteiger partial charge in [-0.2, -0.15) is 0 Å². The van der Waals surface area contributed by atoms with Gasteiger partial charge in [0.2, 0.25) is 0 Å². The summed E-state index contributed by atoms with van der Waals surface area (Å²) >= 11 is 1.65. The predicted octanol–water partition coefficient (Wildman–Crippen LogP) is 3.78. The van der Waals surface area contributed by atoms with Crippen molar-refractivity contribution >= 4 is 17.7 Å². The number of nitrogens with zero attached hydrogens (tertiary/aromatic N) is 2. The molecule has 4 nitrogen and oxygen atoms in total. The molecule has 25 heavy (non-hydrogen) atoms. The zero-order valence-corrected chi connectivity index (χ0v) is 14.6. The van der Waals surface area contributed by atoms with Crippen LogP contribution >= 0.6 is 11.8 Å². The van der Waals surface area contributed by atoms with E-state index in [1.165, 1.54) is 12.1 Å². The summed E-state index contributed by atoms with van der Waals surface area (Å²) in [5.74, 6) is 0.365. The van der Waals surface area contributed by atoms with Crippen molar-refractivity contribution in [3.63, 3.8) is 0 Å². The second-order valence-electron chi connectivity index (χ2n) is 5.62. The molecule has 0 radical (unpaired) electrons. The number of hydrogen-bond acceptors (Lipinski definition) is 3. The summed E-state index contributed by atoms with van der Waals surface area (Å²) in [4.78, 5) is 16.5. The van der Waals surface area contributed by atoms with Gasteiger partial charge >= 0.3 is 0 Å². The van der Waals surface area contributed by atoms with Gasteiger partial charge in [-0.1, -0.05) is 36.0 Å². The zero-order valence-electron chi connectivity index (χ0n) is 13.8. The Labute approximate surface area is 150 Å². The van der Waals surface area contributed by atoms with Crippen LogP contribution in [0.4, 0.5) is 4.39 Å². The van der Waals surface area contributed by atoms with E-state index in [0.29, 0.717) is 12.1 Å². The van der Waals surface area contributed by atoms with E-state index in [1.54, 1.807) is 30.1 Å². The van der Waals surface area contributed by atoms with Crippen LogP contribution in [0.1, 0.15) is 21.5 Å². The van der Waals surface area contributed by atoms with Crippen molar-refractivity contribution in [3.05, 3.63) is 83.4 Å². The number of aryl methyl sites for hydroxylation is 1. The number of carbonyl (C=O) groups is 1. The molecule has 0 saturated heterocycles. The highest BCUT2D eigenvalue weighted by Gasteiger charge is 2.06. The molecule has 0 aliphatic carbocycles. The maximum atomic E-state index is 12.9. The van der Waals surface area contributed by atoms with Gasteiger partial charge in [0.05, 0.1) is 0 Å². The Hall–Kier alpha value is -2.60. The van der Waals surface area contributed by atoms with Gasteiger partial charge in [0.1, 0.15) is 5.82 Å². The maximum absolute atomic E-state index is 12.9. The third-order valence-electron chi connectivity index (χ3n) is 3.73. The normalized spacial score (nSPS) is 10.6. The smallest absolute Gasteiger partial charge is 0.251 e. The molecule has 0 saturated carbocycles. The average molecular weight is 355 g/mol. The van der Waals surface area contributed by atoms with Crippen LogP contribution in [0.25, 0.3) is 0 Å². The van der Waals surface area contributed by atoms with Gasteiger partial charge < -0.3 is 9.88 Å². The second kappa shape index (κ2) is 7.98. The molecule has 6 heteroatoms.